The molecule has 1 amide bonds. The first-order chi connectivity index (χ1) is 6.81. The van der Waals surface area contributed by atoms with E-state index >= 15 is 0 Å². The number of nitrogens with zero attached hydrogens (tertiary/aromatic N) is 1. The van der Waals surface area contributed by atoms with Crippen LogP contribution in [0, 0.1) is 5.41 Å². The maximum Gasteiger partial charge on any atom is 0.243 e. The standard InChI is InChI=1S/C12H24N2O/c1-12(2,3)8-9-13-11(15)7-6-10-14(4)5/h6-7H,8-10H2,1-5H3,(H,13,15)/b7-6+. The lowest BCUT2D eigenvalue weighted by Crippen LogP contribution is -2.25. The highest BCUT2D eigenvalue weighted by molar-refractivity contribution is 5.87. The summed E-state index contributed by atoms with van der Waals surface area (Å²) in [5.74, 6) is 0.00102. The molecule has 3 heteroatoms. The Labute approximate surface area is 93.5 Å². The van der Waals surface area contributed by atoms with E-state index < -0.39 is 0 Å². The van der Waals surface area contributed by atoms with Gasteiger partial charge in [0, 0.05) is 19.2 Å². The van der Waals surface area contributed by atoms with Gasteiger partial charge in [-0.05, 0) is 25.9 Å². The molecule has 0 bridgehead atoms. The van der Waals surface area contributed by atoms with Crippen molar-refractivity contribution in [3.05, 3.63) is 12.2 Å². The maximum atomic E-state index is 11.3. The number of likely N-dealkylation sites (N-methyl/N-ethyl adjacent to an activating group) is 1. The zero-order valence-electron chi connectivity index (χ0n) is 10.6. The van der Waals surface area contributed by atoms with E-state index in [-0.39, 0.29) is 11.3 Å². The largest absolute Gasteiger partial charge is 0.353 e. The van der Waals surface area contributed by atoms with Gasteiger partial charge in [-0.15, -0.1) is 0 Å². The quantitative estimate of drug-likeness (QED) is 0.703. The lowest BCUT2D eigenvalue weighted by atomic mass is 9.92. The molecule has 0 atom stereocenters. The van der Waals surface area contributed by atoms with Gasteiger partial charge in [0.05, 0.1) is 0 Å². The molecule has 0 unspecified atom stereocenters. The topological polar surface area (TPSA) is 32.3 Å². The predicted octanol–water partition coefficient (Wildman–Crippen LogP) is 1.66. The number of hydrogen-bond donors (Lipinski definition) is 1. The average Bonchev–Trinajstić information content (AvgIpc) is 2.00. The van der Waals surface area contributed by atoms with Crippen LogP contribution in [0.4, 0.5) is 0 Å². The Hall–Kier alpha value is -0.830. The molecule has 0 rings (SSSR count). The Morgan fingerprint density at radius 3 is 2.40 bits per heavy atom. The van der Waals surface area contributed by atoms with Crippen LogP contribution in [0.5, 0.6) is 0 Å². The van der Waals surface area contributed by atoms with Crippen molar-refractivity contribution in [1.82, 2.24) is 10.2 Å². The van der Waals surface area contributed by atoms with Gasteiger partial charge in [0.25, 0.3) is 0 Å². The Kier molecular flexibility index (Phi) is 6.25. The van der Waals surface area contributed by atoms with Crippen LogP contribution in [0.3, 0.4) is 0 Å². The second kappa shape index (κ2) is 6.62. The maximum absolute atomic E-state index is 11.3. The molecule has 0 saturated heterocycles. The summed E-state index contributed by atoms with van der Waals surface area (Å²) in [6, 6.07) is 0. The van der Waals surface area contributed by atoms with Crippen molar-refractivity contribution >= 4 is 5.91 Å². The zero-order valence-corrected chi connectivity index (χ0v) is 10.6. The molecule has 0 aromatic carbocycles. The van der Waals surface area contributed by atoms with Crippen molar-refractivity contribution in [3.63, 3.8) is 0 Å². The Morgan fingerprint density at radius 2 is 1.93 bits per heavy atom. The summed E-state index contributed by atoms with van der Waals surface area (Å²) in [6.45, 7) is 8.05. The van der Waals surface area contributed by atoms with E-state index in [1.807, 2.05) is 25.1 Å². The number of hydrogen-bond acceptors (Lipinski definition) is 2. The first-order valence-electron chi connectivity index (χ1n) is 5.40. The molecule has 0 radical (unpaired) electrons. The molecule has 88 valence electrons. The molecule has 0 aliphatic heterocycles. The average molecular weight is 212 g/mol. The van der Waals surface area contributed by atoms with Gasteiger partial charge in [-0.25, -0.2) is 0 Å². The van der Waals surface area contributed by atoms with Crippen molar-refractivity contribution < 1.29 is 4.79 Å². The van der Waals surface area contributed by atoms with E-state index in [1.54, 1.807) is 6.08 Å². The third kappa shape index (κ3) is 11.1. The van der Waals surface area contributed by atoms with Gasteiger partial charge in [-0.3, -0.25) is 4.79 Å². The third-order valence-electron chi connectivity index (χ3n) is 1.91. The summed E-state index contributed by atoms with van der Waals surface area (Å²) in [6.07, 6.45) is 4.47. The molecule has 0 fully saturated rings. The lowest BCUT2D eigenvalue weighted by molar-refractivity contribution is -0.116. The summed E-state index contributed by atoms with van der Waals surface area (Å²) in [4.78, 5) is 13.3. The molecule has 0 heterocycles. The smallest absolute Gasteiger partial charge is 0.243 e. The van der Waals surface area contributed by atoms with Gasteiger partial charge in [0.2, 0.25) is 5.91 Å². The summed E-state index contributed by atoms with van der Waals surface area (Å²) in [5.41, 5.74) is 0.278. The summed E-state index contributed by atoms with van der Waals surface area (Å²) < 4.78 is 0. The first-order valence-corrected chi connectivity index (χ1v) is 5.40. The van der Waals surface area contributed by atoms with Crippen LogP contribution in [0.1, 0.15) is 27.2 Å². The number of nitrogens with one attached hydrogen (secondary N) is 1. The van der Waals surface area contributed by atoms with Crippen LogP contribution < -0.4 is 5.32 Å². The lowest BCUT2D eigenvalue weighted by Gasteiger charge is -2.17. The molecule has 0 aliphatic carbocycles. The number of carbonyl (C=O) groups excluding carboxylic acids is 1. The van der Waals surface area contributed by atoms with Crippen LogP contribution in [-0.2, 0) is 4.79 Å². The zero-order chi connectivity index (χ0) is 11.9. The Balaban J connectivity index is 3.62. The van der Waals surface area contributed by atoms with E-state index in [4.69, 9.17) is 0 Å². The molecule has 3 nitrogen and oxygen atoms in total. The minimum atomic E-state index is 0.00102. The van der Waals surface area contributed by atoms with Gasteiger partial charge in [-0.1, -0.05) is 26.8 Å². The van der Waals surface area contributed by atoms with Crippen LogP contribution in [0.2, 0.25) is 0 Å². The SMILES string of the molecule is CN(C)C/C=C/C(=O)NCCC(C)(C)C. The number of carbonyl (C=O) groups is 1. The highest BCUT2D eigenvalue weighted by atomic mass is 16.1. The molecule has 15 heavy (non-hydrogen) atoms. The van der Waals surface area contributed by atoms with E-state index in [9.17, 15) is 4.79 Å². The molecule has 1 N–H and O–H groups in total. The summed E-state index contributed by atoms with van der Waals surface area (Å²) in [7, 11) is 3.95. The van der Waals surface area contributed by atoms with Gasteiger partial charge in [0.1, 0.15) is 0 Å². The molecule has 0 aromatic heterocycles. The monoisotopic (exact) mass is 212 g/mol. The second-order valence-corrected chi connectivity index (χ2v) is 5.27. The minimum Gasteiger partial charge on any atom is -0.353 e. The van der Waals surface area contributed by atoms with Crippen LogP contribution in [-0.4, -0.2) is 38.0 Å². The molecular weight excluding hydrogens is 188 g/mol. The van der Waals surface area contributed by atoms with Crippen LogP contribution >= 0.6 is 0 Å². The second-order valence-electron chi connectivity index (χ2n) is 5.27. The van der Waals surface area contributed by atoms with E-state index in [1.165, 1.54) is 0 Å². The van der Waals surface area contributed by atoms with Crippen LogP contribution in [0.15, 0.2) is 12.2 Å². The van der Waals surface area contributed by atoms with Gasteiger partial charge in [-0.2, -0.15) is 0 Å². The van der Waals surface area contributed by atoms with E-state index in [0.29, 0.717) is 0 Å². The molecular formula is C12H24N2O. The summed E-state index contributed by atoms with van der Waals surface area (Å²) in [5, 5.41) is 2.87. The first kappa shape index (κ1) is 14.2. The molecule has 0 saturated carbocycles. The van der Waals surface area contributed by atoms with Crippen molar-refractivity contribution in [2.24, 2.45) is 5.41 Å². The normalized spacial score (nSPS) is 12.4. The van der Waals surface area contributed by atoms with E-state index in [2.05, 4.69) is 26.1 Å². The van der Waals surface area contributed by atoms with Crippen LogP contribution in [0.25, 0.3) is 0 Å². The Morgan fingerprint density at radius 1 is 1.33 bits per heavy atom. The van der Waals surface area contributed by atoms with Crippen molar-refractivity contribution in [2.75, 3.05) is 27.2 Å². The third-order valence-corrected chi connectivity index (χ3v) is 1.91. The fraction of sp³-hybridized carbons (Fsp3) is 0.750. The van der Waals surface area contributed by atoms with Gasteiger partial charge < -0.3 is 10.2 Å². The molecule has 0 aromatic rings. The van der Waals surface area contributed by atoms with Gasteiger partial charge in [0.15, 0.2) is 0 Å². The molecule has 0 spiro atoms. The predicted molar refractivity (Wildman–Crippen MR) is 64.8 cm³/mol. The number of amides is 1. The van der Waals surface area contributed by atoms with Crippen molar-refractivity contribution in [3.8, 4) is 0 Å². The fourth-order valence-corrected chi connectivity index (χ4v) is 0.990. The number of rotatable bonds is 5. The van der Waals surface area contributed by atoms with Crippen molar-refractivity contribution in [1.29, 1.82) is 0 Å². The van der Waals surface area contributed by atoms with Crippen molar-refractivity contribution in [2.45, 2.75) is 27.2 Å². The highest BCUT2D eigenvalue weighted by Gasteiger charge is 2.09. The fourth-order valence-electron chi connectivity index (χ4n) is 0.990. The van der Waals surface area contributed by atoms with Gasteiger partial charge >= 0.3 is 0 Å². The van der Waals surface area contributed by atoms with E-state index in [0.717, 1.165) is 19.5 Å². The minimum absolute atomic E-state index is 0.00102. The highest BCUT2D eigenvalue weighted by Crippen LogP contribution is 2.16. The Bertz CT molecular complexity index is 214. The summed E-state index contributed by atoms with van der Waals surface area (Å²) >= 11 is 0. The molecule has 0 aliphatic rings.